The third-order valence-electron chi connectivity index (χ3n) is 3.38. The Morgan fingerprint density at radius 2 is 2.09 bits per heavy atom. The third-order valence-corrected chi connectivity index (χ3v) is 3.38. The van der Waals surface area contributed by atoms with E-state index in [9.17, 15) is 14.7 Å². The Bertz CT molecular complexity index is 696. The Morgan fingerprint density at radius 1 is 1.35 bits per heavy atom. The summed E-state index contributed by atoms with van der Waals surface area (Å²) < 4.78 is 5.10. The van der Waals surface area contributed by atoms with Gasteiger partial charge in [0.2, 0.25) is 0 Å². The molecule has 1 atom stereocenters. The number of nitrogens with one attached hydrogen (secondary N) is 1. The number of unbranched alkanes of at least 4 members (excludes halogenated alkanes) is 1. The van der Waals surface area contributed by atoms with Crippen LogP contribution in [0, 0.1) is 6.92 Å². The monoisotopic (exact) mass is 317 g/mol. The number of carboxylic acid groups (broad SMARTS) is 1. The summed E-state index contributed by atoms with van der Waals surface area (Å²) in [6.07, 6.45) is 1.97. The van der Waals surface area contributed by atoms with Crippen LogP contribution >= 0.6 is 0 Å². The smallest absolute Gasteiger partial charge is 0.326 e. The van der Waals surface area contributed by atoms with E-state index in [0.29, 0.717) is 23.4 Å². The van der Waals surface area contributed by atoms with Crippen molar-refractivity contribution >= 4 is 11.9 Å². The Balaban J connectivity index is 2.24. The highest BCUT2D eigenvalue weighted by molar-refractivity contribution is 6.01. The number of benzene rings is 1. The number of carbonyl (C=O) groups is 2. The number of aromatic nitrogens is 2. The van der Waals surface area contributed by atoms with Crippen LogP contribution in [0.4, 0.5) is 0 Å². The molecule has 0 radical (unpaired) electrons. The van der Waals surface area contributed by atoms with Gasteiger partial charge in [0.05, 0.1) is 11.1 Å². The van der Waals surface area contributed by atoms with Gasteiger partial charge in [-0.25, -0.2) is 4.79 Å². The molecule has 2 rings (SSSR count). The van der Waals surface area contributed by atoms with Crippen LogP contribution in [0.3, 0.4) is 0 Å². The Morgan fingerprint density at radius 3 is 2.70 bits per heavy atom. The maximum absolute atomic E-state index is 12.5. The van der Waals surface area contributed by atoms with Crippen molar-refractivity contribution < 1.29 is 19.2 Å². The molecule has 2 aromatic rings. The molecule has 0 aliphatic carbocycles. The maximum Gasteiger partial charge on any atom is 0.326 e. The van der Waals surface area contributed by atoms with Gasteiger partial charge in [0.15, 0.2) is 5.82 Å². The summed E-state index contributed by atoms with van der Waals surface area (Å²) in [4.78, 5) is 27.8. The van der Waals surface area contributed by atoms with E-state index >= 15 is 0 Å². The summed E-state index contributed by atoms with van der Waals surface area (Å²) in [7, 11) is 0. The van der Waals surface area contributed by atoms with Crippen molar-refractivity contribution in [3.8, 4) is 11.5 Å². The van der Waals surface area contributed by atoms with Gasteiger partial charge in [0, 0.05) is 0 Å². The van der Waals surface area contributed by atoms with Gasteiger partial charge in [0.25, 0.3) is 11.8 Å². The van der Waals surface area contributed by atoms with E-state index in [4.69, 9.17) is 4.52 Å². The number of nitrogens with zero attached hydrogens (tertiary/aromatic N) is 2. The van der Waals surface area contributed by atoms with E-state index in [1.54, 1.807) is 31.2 Å². The van der Waals surface area contributed by atoms with Crippen LogP contribution in [0.15, 0.2) is 28.8 Å². The first-order chi connectivity index (χ1) is 11.0. The molecule has 1 aromatic heterocycles. The maximum atomic E-state index is 12.5. The molecule has 0 aliphatic heterocycles. The summed E-state index contributed by atoms with van der Waals surface area (Å²) in [5, 5.41) is 15.5. The van der Waals surface area contributed by atoms with Crippen molar-refractivity contribution in [1.29, 1.82) is 0 Å². The number of hydrogen-bond donors (Lipinski definition) is 2. The average Bonchev–Trinajstić information content (AvgIpc) is 2.97. The van der Waals surface area contributed by atoms with Gasteiger partial charge >= 0.3 is 5.97 Å². The SMILES string of the molecule is CCCC[C@H](NC(=O)c1ccccc1-c1nc(C)no1)C(=O)O. The van der Waals surface area contributed by atoms with Gasteiger partial charge in [-0.2, -0.15) is 4.98 Å². The number of aryl methyl sites for hydroxylation is 1. The predicted molar refractivity (Wildman–Crippen MR) is 82.9 cm³/mol. The lowest BCUT2D eigenvalue weighted by Crippen LogP contribution is -2.40. The predicted octanol–water partition coefficient (Wildman–Crippen LogP) is 2.42. The van der Waals surface area contributed by atoms with Crippen molar-refractivity contribution in [2.24, 2.45) is 0 Å². The van der Waals surface area contributed by atoms with Crippen LogP contribution in [-0.2, 0) is 4.79 Å². The van der Waals surface area contributed by atoms with E-state index in [1.807, 2.05) is 6.92 Å². The lowest BCUT2D eigenvalue weighted by molar-refractivity contribution is -0.139. The molecule has 122 valence electrons. The highest BCUT2D eigenvalue weighted by atomic mass is 16.5. The molecule has 0 aliphatic rings. The third kappa shape index (κ3) is 4.15. The van der Waals surface area contributed by atoms with Crippen LogP contribution in [0.25, 0.3) is 11.5 Å². The standard InChI is InChI=1S/C16H19N3O4/c1-3-4-9-13(16(21)22)18-14(20)11-7-5-6-8-12(11)15-17-10(2)19-23-15/h5-8,13H,3-4,9H2,1-2H3,(H,18,20)(H,21,22)/t13-/m0/s1. The molecular formula is C16H19N3O4. The van der Waals surface area contributed by atoms with Crippen LogP contribution in [0.1, 0.15) is 42.4 Å². The Labute approximate surface area is 133 Å². The molecule has 1 amide bonds. The fraction of sp³-hybridized carbons (Fsp3) is 0.375. The molecule has 23 heavy (non-hydrogen) atoms. The summed E-state index contributed by atoms with van der Waals surface area (Å²) in [6.45, 7) is 3.65. The normalized spacial score (nSPS) is 11.9. The molecule has 1 heterocycles. The van der Waals surface area contributed by atoms with Crippen molar-refractivity contribution in [2.75, 3.05) is 0 Å². The van der Waals surface area contributed by atoms with Crippen molar-refractivity contribution in [3.05, 3.63) is 35.7 Å². The molecule has 0 fully saturated rings. The molecule has 7 heteroatoms. The second kappa shape index (κ2) is 7.53. The summed E-state index contributed by atoms with van der Waals surface area (Å²) in [5.74, 6) is -0.826. The van der Waals surface area contributed by atoms with Gasteiger partial charge in [-0.05, 0) is 25.5 Å². The topological polar surface area (TPSA) is 105 Å². The fourth-order valence-electron chi connectivity index (χ4n) is 2.18. The second-order valence-electron chi connectivity index (χ2n) is 5.20. The van der Waals surface area contributed by atoms with Crippen LogP contribution < -0.4 is 5.32 Å². The zero-order valence-electron chi connectivity index (χ0n) is 13.1. The van der Waals surface area contributed by atoms with E-state index in [0.717, 1.165) is 12.8 Å². The summed E-state index contributed by atoms with van der Waals surface area (Å²) >= 11 is 0. The molecule has 1 aromatic carbocycles. The van der Waals surface area contributed by atoms with Gasteiger partial charge < -0.3 is 14.9 Å². The highest BCUT2D eigenvalue weighted by Gasteiger charge is 2.23. The lowest BCUT2D eigenvalue weighted by atomic mass is 10.1. The Hall–Kier alpha value is -2.70. The van der Waals surface area contributed by atoms with Crippen molar-refractivity contribution in [2.45, 2.75) is 39.2 Å². The average molecular weight is 317 g/mol. The largest absolute Gasteiger partial charge is 0.480 e. The minimum atomic E-state index is -1.04. The summed E-state index contributed by atoms with van der Waals surface area (Å²) in [5.41, 5.74) is 0.782. The first-order valence-corrected chi connectivity index (χ1v) is 7.46. The van der Waals surface area contributed by atoms with E-state index in [-0.39, 0.29) is 5.89 Å². The number of rotatable bonds is 7. The first-order valence-electron chi connectivity index (χ1n) is 7.46. The van der Waals surface area contributed by atoms with E-state index in [2.05, 4.69) is 15.5 Å². The number of hydrogen-bond acceptors (Lipinski definition) is 5. The zero-order valence-corrected chi connectivity index (χ0v) is 13.1. The van der Waals surface area contributed by atoms with Crippen LogP contribution in [0.5, 0.6) is 0 Å². The number of amides is 1. The van der Waals surface area contributed by atoms with Crippen molar-refractivity contribution in [1.82, 2.24) is 15.5 Å². The zero-order chi connectivity index (χ0) is 16.8. The molecule has 2 N–H and O–H groups in total. The second-order valence-corrected chi connectivity index (χ2v) is 5.20. The Kier molecular flexibility index (Phi) is 5.46. The minimum Gasteiger partial charge on any atom is -0.480 e. The molecule has 0 unspecified atom stereocenters. The van der Waals surface area contributed by atoms with Gasteiger partial charge in [-0.1, -0.05) is 37.1 Å². The van der Waals surface area contributed by atoms with Crippen molar-refractivity contribution in [3.63, 3.8) is 0 Å². The molecular weight excluding hydrogens is 298 g/mol. The molecule has 0 bridgehead atoms. The number of carbonyl (C=O) groups excluding carboxylic acids is 1. The van der Waals surface area contributed by atoms with Gasteiger partial charge in [0.1, 0.15) is 6.04 Å². The molecule has 0 saturated heterocycles. The highest BCUT2D eigenvalue weighted by Crippen LogP contribution is 2.22. The first kappa shape index (κ1) is 16.7. The van der Waals surface area contributed by atoms with E-state index in [1.165, 1.54) is 0 Å². The summed E-state index contributed by atoms with van der Waals surface area (Å²) in [6, 6.07) is 5.81. The quantitative estimate of drug-likeness (QED) is 0.812. The van der Waals surface area contributed by atoms with Gasteiger partial charge in [-0.15, -0.1) is 0 Å². The lowest BCUT2D eigenvalue weighted by Gasteiger charge is -2.15. The molecule has 0 saturated carbocycles. The number of carboxylic acids is 1. The van der Waals surface area contributed by atoms with E-state index < -0.39 is 17.9 Å². The molecule has 7 nitrogen and oxygen atoms in total. The van der Waals surface area contributed by atoms with Crippen LogP contribution in [-0.4, -0.2) is 33.2 Å². The fourth-order valence-corrected chi connectivity index (χ4v) is 2.18. The number of aliphatic carboxylic acids is 1. The molecule has 0 spiro atoms. The minimum absolute atomic E-state index is 0.230. The van der Waals surface area contributed by atoms with Gasteiger partial charge in [-0.3, -0.25) is 4.79 Å². The van der Waals surface area contributed by atoms with Crippen LogP contribution in [0.2, 0.25) is 0 Å².